The van der Waals surface area contributed by atoms with Gasteiger partial charge in [0.2, 0.25) is 6.10 Å². The maximum absolute atomic E-state index is 13.7. The number of ether oxygens (including phenoxy) is 14. The number of benzene rings is 2. The third kappa shape index (κ3) is 42.9. The van der Waals surface area contributed by atoms with Crippen LogP contribution < -0.4 is 33.5 Å². The Bertz CT molecular complexity index is 3350. The number of rotatable bonds is 23. The van der Waals surface area contributed by atoms with Crippen molar-refractivity contribution in [3.63, 3.8) is 0 Å². The van der Waals surface area contributed by atoms with Crippen LogP contribution in [0.4, 0.5) is 55.2 Å². The summed E-state index contributed by atoms with van der Waals surface area (Å²) in [5.41, 5.74) is 1.67. The van der Waals surface area contributed by atoms with Gasteiger partial charge in [0, 0.05) is 65.9 Å². The normalized spacial score (nSPS) is 19.5. The number of aryl methyl sites for hydroxylation is 3. The van der Waals surface area contributed by atoms with E-state index in [4.69, 9.17) is 71.5 Å². The van der Waals surface area contributed by atoms with Crippen molar-refractivity contribution < 1.29 is 155 Å². The van der Waals surface area contributed by atoms with E-state index in [0.29, 0.717) is 114 Å². The average Bonchev–Trinajstić information content (AvgIpc) is 1.02. The van der Waals surface area contributed by atoms with Gasteiger partial charge in [0.15, 0.2) is 59.5 Å². The molecule has 1 saturated heterocycles. The van der Waals surface area contributed by atoms with Crippen molar-refractivity contribution in [3.8, 4) is 23.0 Å². The first kappa shape index (κ1) is 89.8. The fourth-order valence-electron chi connectivity index (χ4n) is 9.91. The average molecular weight is 1570 g/mol. The molecule has 6 rings (SSSR count). The second kappa shape index (κ2) is 39.8. The molecule has 2 aliphatic rings. The standard InChI is InChI=1S/C65H93N6O20.2F6P/c1-47(72)86-46-58-59(87-48(2)73)60(88-49(3)74)61(89-50(4)75)63(90-58)69-29-24-52(25-30-69)62(76)66-26-16-10-12-18-28-71-45-53(68(8)67-71)19-13-9-11-17-27-70(64(77)91-65(5,6)7)44-51-22-23-56-57(43-51)85-42-38-81-34-33-79-36-40-83-55-21-15-14-20-54(55)82-39-35-78-31-32-80-37-41-84-56;2*1-7(2,3,4,5)6/h14-15,20-25,29-30,43,45,58-61,63H,9-13,16-19,26-28,31-42,44,46H2,1-8H3;;/q+1;2*-1/p+1/t58-,59-,60+,61+,63+;;/m1../s1. The number of esters is 4. The van der Waals surface area contributed by atoms with Crippen LogP contribution in [0.3, 0.4) is 0 Å². The summed E-state index contributed by atoms with van der Waals surface area (Å²) < 4.78 is 205. The first-order valence-corrected chi connectivity index (χ1v) is 37.5. The first-order chi connectivity index (χ1) is 48.7. The van der Waals surface area contributed by atoms with E-state index in [9.17, 15) is 79.1 Å². The molecular weight excluding hydrogens is 1470 g/mol. The summed E-state index contributed by atoms with van der Waals surface area (Å²) in [6.07, 6.45) is 6.63. The Kier molecular flexibility index (Phi) is 34.0. The fraction of sp³-hybridized carbons (Fsp3) is 0.615. The van der Waals surface area contributed by atoms with Crippen molar-refractivity contribution in [2.45, 2.75) is 156 Å². The Morgan fingerprint density at radius 2 is 1.03 bits per heavy atom. The topological polar surface area (TPSA) is 272 Å². The van der Waals surface area contributed by atoms with Crippen molar-refractivity contribution in [1.29, 1.82) is 0 Å². The number of carbonyl (C=O) groups is 6. The van der Waals surface area contributed by atoms with Gasteiger partial charge >= 0.3 is 102 Å². The predicted octanol–water partition coefficient (Wildman–Crippen LogP) is 12.8. The number of nitrogens with one attached hydrogen (secondary N) is 1. The third-order valence-electron chi connectivity index (χ3n) is 14.1. The zero-order chi connectivity index (χ0) is 78.2. The summed E-state index contributed by atoms with van der Waals surface area (Å²) in [5, 5.41) is 7.67. The molecule has 5 atom stereocenters. The van der Waals surface area contributed by atoms with E-state index in [0.717, 1.165) is 89.4 Å². The molecule has 0 bridgehead atoms. The van der Waals surface area contributed by atoms with Gasteiger partial charge in [0.05, 0.1) is 63.6 Å². The van der Waals surface area contributed by atoms with E-state index in [2.05, 4.69) is 11.5 Å². The van der Waals surface area contributed by atoms with Crippen LogP contribution in [0.1, 0.15) is 128 Å². The molecule has 4 aromatic rings. The van der Waals surface area contributed by atoms with E-state index in [-0.39, 0.29) is 25.7 Å². The molecule has 0 aliphatic carbocycles. The Labute approximate surface area is 599 Å². The summed E-state index contributed by atoms with van der Waals surface area (Å²) >= 11 is 0. The quantitative estimate of drug-likeness (QED) is 0.0180. The number of hydrogen-bond acceptors (Lipinski definition) is 21. The number of halogens is 12. The SMILES string of the molecule is CC(=O)OC[C@H]1O[C@H]([n+]2ccc(C(=O)NCCCCCC[n+]3cc(CCCCCCN(Cc4ccc5c(c4)OCCOCCOCCOc4ccccc4OCCOCCOCCO5)C(=O)OC(C)(C)C)n(C)n3)cc2)[C@@H](OC(C)=O)[C@@H](OC(C)=O)[C@@H]1OC(C)=O.F[P-](F)(F)(F)(F)F.F[P-](F)(F)(F)(F)F. The number of nitrogens with zero attached hydrogens (tertiary/aromatic N) is 5. The molecular formula is C65H94F12N6O20P2. The minimum absolute atomic E-state index is 0.263. The van der Waals surface area contributed by atoms with Crippen LogP contribution in [0.25, 0.3) is 0 Å². The van der Waals surface area contributed by atoms with Crippen LogP contribution in [0.15, 0.2) is 73.2 Å². The Hall–Kier alpha value is -7.63. The van der Waals surface area contributed by atoms with Crippen LogP contribution in [-0.2, 0) is 93.1 Å². The fourth-order valence-corrected chi connectivity index (χ4v) is 9.91. The van der Waals surface area contributed by atoms with Crippen molar-refractivity contribution in [2.24, 2.45) is 7.05 Å². The van der Waals surface area contributed by atoms with Crippen LogP contribution in [-0.4, -0.2) is 180 Å². The molecule has 598 valence electrons. The van der Waals surface area contributed by atoms with E-state index in [1.54, 1.807) is 29.4 Å². The molecule has 4 heterocycles. The van der Waals surface area contributed by atoms with Gasteiger partial charge in [0.25, 0.3) is 5.91 Å². The van der Waals surface area contributed by atoms with Crippen LogP contribution in [0.5, 0.6) is 23.0 Å². The summed E-state index contributed by atoms with van der Waals surface area (Å²) in [4.78, 5) is 77.0. The van der Waals surface area contributed by atoms with Gasteiger partial charge in [0.1, 0.15) is 58.3 Å². The molecule has 40 heteroatoms. The Balaban J connectivity index is 0.00000151. The van der Waals surface area contributed by atoms with Gasteiger partial charge < -0.3 is 76.5 Å². The van der Waals surface area contributed by atoms with Crippen LogP contribution in [0.2, 0.25) is 0 Å². The monoisotopic (exact) mass is 1570 g/mol. The Morgan fingerprint density at radius 1 is 0.571 bits per heavy atom. The molecule has 2 aromatic heterocycles. The number of carbonyl (C=O) groups excluding carboxylic acids is 6. The molecule has 2 aliphatic heterocycles. The summed E-state index contributed by atoms with van der Waals surface area (Å²) in [6.45, 7) is 16.2. The van der Waals surface area contributed by atoms with Crippen LogP contribution >= 0.6 is 15.6 Å². The number of fused-ring (bicyclic) bond motifs is 2. The van der Waals surface area contributed by atoms with Crippen LogP contribution in [0, 0.1) is 0 Å². The number of para-hydroxylation sites is 2. The van der Waals surface area contributed by atoms with E-state index in [1.165, 1.54) is 18.4 Å². The number of pyridine rings is 1. The second-order valence-electron chi connectivity index (χ2n) is 24.7. The molecule has 0 unspecified atom stereocenters. The zero-order valence-corrected chi connectivity index (χ0v) is 61.3. The Morgan fingerprint density at radius 3 is 1.53 bits per heavy atom. The third-order valence-corrected chi connectivity index (χ3v) is 14.1. The van der Waals surface area contributed by atoms with Gasteiger partial charge in [-0.15, -0.1) is 9.36 Å². The molecule has 1 fully saturated rings. The predicted molar refractivity (Wildman–Crippen MR) is 352 cm³/mol. The summed E-state index contributed by atoms with van der Waals surface area (Å²) in [7, 11) is -19.4. The summed E-state index contributed by atoms with van der Waals surface area (Å²) in [5.74, 6) is -0.759. The number of amides is 2. The molecule has 105 heavy (non-hydrogen) atoms. The first-order valence-electron chi connectivity index (χ1n) is 33.4. The molecule has 0 radical (unpaired) electrons. The van der Waals surface area contributed by atoms with Gasteiger partial charge in [-0.2, -0.15) is 4.57 Å². The second-order valence-corrected chi connectivity index (χ2v) is 28.6. The molecule has 2 amide bonds. The number of unbranched alkanes of at least 4 members (excludes halogenated alkanes) is 6. The van der Waals surface area contributed by atoms with Crippen molar-refractivity contribution in [2.75, 3.05) is 99.0 Å². The number of hydrogen-bond donors (Lipinski definition) is 1. The molecule has 0 saturated carbocycles. The molecule has 0 spiro atoms. The zero-order valence-electron chi connectivity index (χ0n) is 59.5. The summed E-state index contributed by atoms with van der Waals surface area (Å²) in [6, 6.07) is 16.3. The van der Waals surface area contributed by atoms with Gasteiger partial charge in [-0.05, 0) is 82.7 Å². The van der Waals surface area contributed by atoms with Crippen molar-refractivity contribution >= 4 is 51.5 Å². The molecule has 1 N–H and O–H groups in total. The van der Waals surface area contributed by atoms with Gasteiger partial charge in [-0.1, -0.05) is 37.5 Å². The molecule has 26 nitrogen and oxygen atoms in total. The van der Waals surface area contributed by atoms with Gasteiger partial charge in [-0.25, -0.2) is 4.79 Å². The van der Waals surface area contributed by atoms with E-state index >= 15 is 0 Å². The van der Waals surface area contributed by atoms with Gasteiger partial charge in [-0.3, -0.25) is 24.0 Å². The van der Waals surface area contributed by atoms with E-state index < -0.39 is 81.8 Å². The molecule has 2 aromatic carbocycles. The minimum atomic E-state index is -10.7. The maximum atomic E-state index is 13.7. The van der Waals surface area contributed by atoms with Crippen molar-refractivity contribution in [1.82, 2.24) is 20.1 Å². The van der Waals surface area contributed by atoms with E-state index in [1.807, 2.05) is 79.6 Å². The van der Waals surface area contributed by atoms with Crippen molar-refractivity contribution in [3.05, 3.63) is 90.0 Å². The number of aromatic nitrogens is 4.